The molecule has 6 nitrogen and oxygen atoms in total. The van der Waals surface area contributed by atoms with Crippen molar-refractivity contribution in [1.29, 1.82) is 0 Å². The summed E-state index contributed by atoms with van der Waals surface area (Å²) in [6, 6.07) is 10.2. The van der Waals surface area contributed by atoms with Crippen molar-refractivity contribution in [3.8, 4) is 5.69 Å². The van der Waals surface area contributed by atoms with Crippen LogP contribution in [-0.2, 0) is 11.2 Å². The monoisotopic (exact) mass is 485 g/mol. The maximum absolute atomic E-state index is 5.41. The molecule has 0 unspecified atom stereocenters. The van der Waals surface area contributed by atoms with Crippen LogP contribution in [0.15, 0.2) is 41.5 Å². The molecule has 2 aromatic rings. The van der Waals surface area contributed by atoms with E-state index in [9.17, 15) is 0 Å². The van der Waals surface area contributed by atoms with Gasteiger partial charge in [-0.3, -0.25) is 4.99 Å². The van der Waals surface area contributed by atoms with Gasteiger partial charge in [-0.1, -0.05) is 18.2 Å². The predicted molar refractivity (Wildman–Crippen MR) is 122 cm³/mol. The number of benzene rings is 1. The summed E-state index contributed by atoms with van der Waals surface area (Å²) in [5, 5.41) is 11.3. The number of aryl methyl sites for hydroxylation is 2. The summed E-state index contributed by atoms with van der Waals surface area (Å²) in [6.07, 6.45) is 4.11. The van der Waals surface area contributed by atoms with Crippen molar-refractivity contribution < 1.29 is 4.74 Å². The summed E-state index contributed by atoms with van der Waals surface area (Å²) in [5.74, 6) is 0.798. The van der Waals surface area contributed by atoms with Crippen LogP contribution >= 0.6 is 24.0 Å². The van der Waals surface area contributed by atoms with Crippen LogP contribution in [0.5, 0.6) is 0 Å². The number of para-hydroxylation sites is 1. The Balaban J connectivity index is 0.00000364. The Hall–Kier alpha value is -1.61. The van der Waals surface area contributed by atoms with E-state index in [1.807, 2.05) is 36.7 Å². The highest BCUT2D eigenvalue weighted by Gasteiger charge is 2.16. The summed E-state index contributed by atoms with van der Waals surface area (Å²) in [5.41, 5.74) is 3.23. The number of aliphatic imine (C=N–C) groups is 1. The lowest BCUT2D eigenvalue weighted by atomic mass is 10.1. The zero-order valence-electron chi connectivity index (χ0n) is 17.0. The molecule has 0 amide bonds. The van der Waals surface area contributed by atoms with Crippen LogP contribution < -0.4 is 10.6 Å². The fourth-order valence-electron chi connectivity index (χ4n) is 2.53. The zero-order chi connectivity index (χ0) is 19.0. The Bertz CT molecular complexity index is 712. The maximum Gasteiger partial charge on any atom is 0.191 e. The minimum absolute atomic E-state index is 0. The number of rotatable bonds is 8. The van der Waals surface area contributed by atoms with Crippen LogP contribution in [0.25, 0.3) is 5.69 Å². The van der Waals surface area contributed by atoms with Gasteiger partial charge in [-0.05, 0) is 51.3 Å². The molecule has 0 aliphatic carbocycles. The van der Waals surface area contributed by atoms with Gasteiger partial charge in [-0.15, -0.1) is 24.0 Å². The molecule has 0 spiro atoms. The van der Waals surface area contributed by atoms with Crippen LogP contribution in [0.4, 0.5) is 0 Å². The van der Waals surface area contributed by atoms with E-state index < -0.39 is 0 Å². The van der Waals surface area contributed by atoms with Gasteiger partial charge in [-0.25, -0.2) is 4.68 Å². The third-order valence-corrected chi connectivity index (χ3v) is 4.39. The second kappa shape index (κ2) is 11.3. The molecule has 7 heteroatoms. The Kier molecular flexibility index (Phi) is 9.79. The first kappa shape index (κ1) is 23.4. The van der Waals surface area contributed by atoms with Gasteiger partial charge in [0.15, 0.2) is 5.96 Å². The van der Waals surface area contributed by atoms with Crippen molar-refractivity contribution in [3.63, 3.8) is 0 Å². The standard InChI is InChI=1S/C20H31N5O.HI/c1-16-17(14-25(24-16)18-11-7-6-8-12-18)10-9-13-22-19(21-4)23-15-20(2,3)26-5;/h6-8,11-12,14H,9-10,13,15H2,1-5H3,(H2,21,22,23);1H. The number of hydrogen-bond acceptors (Lipinski definition) is 3. The fourth-order valence-corrected chi connectivity index (χ4v) is 2.53. The number of methoxy groups -OCH3 is 1. The summed E-state index contributed by atoms with van der Waals surface area (Å²) in [7, 11) is 3.50. The first-order valence-electron chi connectivity index (χ1n) is 9.05. The molecule has 0 bridgehead atoms. The summed E-state index contributed by atoms with van der Waals surface area (Å²) >= 11 is 0. The van der Waals surface area contributed by atoms with Crippen LogP contribution in [0.1, 0.15) is 31.5 Å². The van der Waals surface area contributed by atoms with Crippen molar-refractivity contribution in [2.24, 2.45) is 4.99 Å². The van der Waals surface area contributed by atoms with Crippen LogP contribution in [0.3, 0.4) is 0 Å². The average molecular weight is 485 g/mol. The van der Waals surface area contributed by atoms with Crippen molar-refractivity contribution in [2.75, 3.05) is 27.2 Å². The SMILES string of the molecule is CN=C(NCCCc1cn(-c2ccccc2)nc1C)NCC(C)(C)OC.I. The predicted octanol–water partition coefficient (Wildman–Crippen LogP) is 3.32. The Labute approximate surface area is 179 Å². The molecule has 27 heavy (non-hydrogen) atoms. The minimum atomic E-state index is -0.221. The van der Waals surface area contributed by atoms with E-state index >= 15 is 0 Å². The highest BCUT2D eigenvalue weighted by molar-refractivity contribution is 14.0. The Morgan fingerprint density at radius 2 is 1.93 bits per heavy atom. The number of guanidine groups is 1. The van der Waals surface area contributed by atoms with E-state index in [1.54, 1.807) is 14.2 Å². The first-order chi connectivity index (χ1) is 12.4. The molecule has 2 N–H and O–H groups in total. The molecule has 1 aromatic carbocycles. The fraction of sp³-hybridized carbons (Fsp3) is 0.500. The molecule has 150 valence electrons. The Morgan fingerprint density at radius 1 is 1.22 bits per heavy atom. The van der Waals surface area contributed by atoms with E-state index in [2.05, 4.69) is 46.0 Å². The van der Waals surface area contributed by atoms with Crippen molar-refractivity contribution in [1.82, 2.24) is 20.4 Å². The summed E-state index contributed by atoms with van der Waals surface area (Å²) in [4.78, 5) is 4.25. The number of aromatic nitrogens is 2. The van der Waals surface area contributed by atoms with E-state index in [4.69, 9.17) is 4.74 Å². The maximum atomic E-state index is 5.41. The van der Waals surface area contributed by atoms with E-state index in [-0.39, 0.29) is 29.6 Å². The van der Waals surface area contributed by atoms with Gasteiger partial charge >= 0.3 is 0 Å². The van der Waals surface area contributed by atoms with E-state index in [1.165, 1.54) is 5.56 Å². The lowest BCUT2D eigenvalue weighted by Gasteiger charge is -2.24. The highest BCUT2D eigenvalue weighted by Crippen LogP contribution is 2.13. The molecular formula is C20H32IN5O. The van der Waals surface area contributed by atoms with Gasteiger partial charge in [0.1, 0.15) is 0 Å². The number of halogens is 1. The average Bonchev–Trinajstić information content (AvgIpc) is 3.02. The smallest absolute Gasteiger partial charge is 0.191 e. The second-order valence-electron chi connectivity index (χ2n) is 6.94. The lowest BCUT2D eigenvalue weighted by molar-refractivity contribution is 0.0268. The molecule has 1 heterocycles. The number of nitrogens with zero attached hydrogens (tertiary/aromatic N) is 3. The van der Waals surface area contributed by atoms with Crippen LogP contribution in [0.2, 0.25) is 0 Å². The normalized spacial score (nSPS) is 11.8. The molecule has 1 aromatic heterocycles. The second-order valence-corrected chi connectivity index (χ2v) is 6.94. The molecule has 0 atom stereocenters. The van der Waals surface area contributed by atoms with Gasteiger partial charge in [0.2, 0.25) is 0 Å². The van der Waals surface area contributed by atoms with Crippen LogP contribution in [-0.4, -0.2) is 48.6 Å². The third-order valence-electron chi connectivity index (χ3n) is 4.39. The summed E-state index contributed by atoms with van der Waals surface area (Å²) < 4.78 is 7.36. The number of nitrogens with one attached hydrogen (secondary N) is 2. The van der Waals surface area contributed by atoms with Crippen molar-refractivity contribution >= 4 is 29.9 Å². The van der Waals surface area contributed by atoms with Gasteiger partial charge < -0.3 is 15.4 Å². The highest BCUT2D eigenvalue weighted by atomic mass is 127. The molecule has 0 aliphatic rings. The van der Waals surface area contributed by atoms with Gasteiger partial charge in [-0.2, -0.15) is 5.10 Å². The first-order valence-corrected chi connectivity index (χ1v) is 9.05. The number of ether oxygens (including phenoxy) is 1. The molecule has 0 radical (unpaired) electrons. The van der Waals surface area contributed by atoms with Crippen molar-refractivity contribution in [3.05, 3.63) is 47.8 Å². The quantitative estimate of drug-likeness (QED) is 0.261. The largest absolute Gasteiger partial charge is 0.377 e. The molecule has 0 aliphatic heterocycles. The lowest BCUT2D eigenvalue weighted by Crippen LogP contribution is -2.45. The van der Waals surface area contributed by atoms with Gasteiger partial charge in [0, 0.05) is 33.4 Å². The molecule has 0 saturated heterocycles. The zero-order valence-corrected chi connectivity index (χ0v) is 19.3. The molecular weight excluding hydrogens is 453 g/mol. The Morgan fingerprint density at radius 3 is 2.56 bits per heavy atom. The topological polar surface area (TPSA) is 63.5 Å². The molecule has 2 rings (SSSR count). The molecule has 0 saturated carbocycles. The molecule has 0 fully saturated rings. The summed E-state index contributed by atoms with van der Waals surface area (Å²) in [6.45, 7) is 7.70. The van der Waals surface area contributed by atoms with Crippen molar-refractivity contribution in [2.45, 2.75) is 39.2 Å². The van der Waals surface area contributed by atoms with E-state index in [0.717, 1.165) is 36.7 Å². The minimum Gasteiger partial charge on any atom is -0.377 e. The van der Waals surface area contributed by atoms with Crippen LogP contribution in [0, 0.1) is 6.92 Å². The van der Waals surface area contributed by atoms with E-state index in [0.29, 0.717) is 6.54 Å². The third kappa shape index (κ3) is 7.50. The van der Waals surface area contributed by atoms with Gasteiger partial charge in [0.05, 0.1) is 17.0 Å². The van der Waals surface area contributed by atoms with Gasteiger partial charge in [0.25, 0.3) is 0 Å². The number of hydrogen-bond donors (Lipinski definition) is 2.